The molecule has 0 aliphatic carbocycles. The van der Waals surface area contributed by atoms with Crippen LogP contribution in [0.4, 0.5) is 0 Å². The zero-order chi connectivity index (χ0) is 14.9. The monoisotopic (exact) mass is 278 g/mol. The molecular weight excluding hydrogens is 260 g/mol. The zero-order valence-corrected chi connectivity index (χ0v) is 12.0. The summed E-state index contributed by atoms with van der Waals surface area (Å²) in [6.45, 7) is 2.00. The highest BCUT2D eigenvalue weighted by Crippen LogP contribution is 2.02. The summed E-state index contributed by atoms with van der Waals surface area (Å²) >= 11 is 0. The van der Waals surface area contributed by atoms with Crippen LogP contribution >= 0.6 is 0 Å². The van der Waals surface area contributed by atoms with Gasteiger partial charge in [0.15, 0.2) is 0 Å². The van der Waals surface area contributed by atoms with Crippen molar-refractivity contribution < 1.29 is 4.79 Å². The molecule has 0 spiro atoms. The Kier molecular flexibility index (Phi) is 5.47. The predicted octanol–water partition coefficient (Wildman–Crippen LogP) is 3.90. The van der Waals surface area contributed by atoms with E-state index in [0.717, 1.165) is 17.7 Å². The Morgan fingerprint density at radius 1 is 1.05 bits per heavy atom. The third-order valence-corrected chi connectivity index (χ3v) is 2.97. The Balaban J connectivity index is 2.01. The van der Waals surface area contributed by atoms with E-state index in [2.05, 4.69) is 10.5 Å². The summed E-state index contributed by atoms with van der Waals surface area (Å²) in [6, 6.07) is 19.0. The molecule has 3 nitrogen and oxygen atoms in total. The minimum absolute atomic E-state index is 0.199. The van der Waals surface area contributed by atoms with E-state index in [1.807, 2.05) is 67.6 Å². The van der Waals surface area contributed by atoms with Gasteiger partial charge in [-0.25, -0.2) is 5.43 Å². The van der Waals surface area contributed by atoms with Crippen LogP contribution in [0.2, 0.25) is 0 Å². The number of carbonyl (C=O) groups is 1. The second kappa shape index (κ2) is 7.80. The normalized spacial score (nSPS) is 11.6. The van der Waals surface area contributed by atoms with Gasteiger partial charge in [0, 0.05) is 5.56 Å². The van der Waals surface area contributed by atoms with Crippen LogP contribution in [0.3, 0.4) is 0 Å². The van der Waals surface area contributed by atoms with Crippen molar-refractivity contribution in [3.63, 3.8) is 0 Å². The fourth-order valence-electron chi connectivity index (χ4n) is 1.77. The SMILES string of the molecule is CCC(C=Cc1ccccc1)=NNC(=O)c1ccccc1. The lowest BCUT2D eigenvalue weighted by molar-refractivity contribution is 0.0955. The summed E-state index contributed by atoms with van der Waals surface area (Å²) in [6.07, 6.45) is 4.65. The molecule has 0 atom stereocenters. The van der Waals surface area contributed by atoms with Crippen LogP contribution in [0.5, 0.6) is 0 Å². The van der Waals surface area contributed by atoms with E-state index in [-0.39, 0.29) is 5.91 Å². The van der Waals surface area contributed by atoms with Crippen LogP contribution in [0.15, 0.2) is 71.8 Å². The van der Waals surface area contributed by atoms with Gasteiger partial charge in [0.25, 0.3) is 5.91 Å². The predicted molar refractivity (Wildman–Crippen MR) is 87.1 cm³/mol. The maximum Gasteiger partial charge on any atom is 0.271 e. The van der Waals surface area contributed by atoms with E-state index < -0.39 is 0 Å². The number of benzene rings is 2. The topological polar surface area (TPSA) is 41.5 Å². The lowest BCUT2D eigenvalue weighted by Gasteiger charge is -2.01. The van der Waals surface area contributed by atoms with Crippen molar-refractivity contribution in [2.75, 3.05) is 0 Å². The molecule has 0 saturated heterocycles. The van der Waals surface area contributed by atoms with Crippen LogP contribution in [0.1, 0.15) is 29.3 Å². The zero-order valence-electron chi connectivity index (χ0n) is 12.0. The van der Waals surface area contributed by atoms with Crippen molar-refractivity contribution >= 4 is 17.7 Å². The van der Waals surface area contributed by atoms with Gasteiger partial charge in [-0.05, 0) is 30.2 Å². The number of amides is 1. The van der Waals surface area contributed by atoms with Crippen LogP contribution in [0, 0.1) is 0 Å². The molecule has 2 aromatic carbocycles. The molecule has 1 N–H and O–H groups in total. The van der Waals surface area contributed by atoms with E-state index in [0.29, 0.717) is 5.56 Å². The van der Waals surface area contributed by atoms with Crippen molar-refractivity contribution in [2.45, 2.75) is 13.3 Å². The molecule has 0 aliphatic rings. The number of rotatable bonds is 5. The third kappa shape index (κ3) is 4.73. The average Bonchev–Trinajstić information content (AvgIpc) is 2.56. The van der Waals surface area contributed by atoms with Crippen LogP contribution < -0.4 is 5.43 Å². The Bertz CT molecular complexity index is 631. The van der Waals surface area contributed by atoms with Gasteiger partial charge in [0.2, 0.25) is 0 Å². The van der Waals surface area contributed by atoms with Crippen LogP contribution in [-0.4, -0.2) is 11.6 Å². The van der Waals surface area contributed by atoms with Gasteiger partial charge in [-0.15, -0.1) is 0 Å². The van der Waals surface area contributed by atoms with Crippen LogP contribution in [0.25, 0.3) is 6.08 Å². The van der Waals surface area contributed by atoms with Crippen LogP contribution in [-0.2, 0) is 0 Å². The molecule has 0 unspecified atom stereocenters. The molecule has 0 aliphatic heterocycles. The van der Waals surface area contributed by atoms with Crippen molar-refractivity contribution in [1.29, 1.82) is 0 Å². The van der Waals surface area contributed by atoms with Gasteiger partial charge in [-0.2, -0.15) is 5.10 Å². The molecule has 2 rings (SSSR count). The standard InChI is InChI=1S/C18H18N2O/c1-2-17(14-13-15-9-5-3-6-10-15)19-20-18(21)16-11-7-4-8-12-16/h3-14H,2H2,1H3,(H,20,21). The minimum atomic E-state index is -0.199. The molecule has 1 amide bonds. The first-order valence-corrected chi connectivity index (χ1v) is 6.94. The summed E-state index contributed by atoms with van der Waals surface area (Å²) in [5, 5.41) is 4.16. The lowest BCUT2D eigenvalue weighted by atomic mass is 10.2. The van der Waals surface area contributed by atoms with Gasteiger partial charge < -0.3 is 0 Å². The van der Waals surface area contributed by atoms with Gasteiger partial charge in [0.05, 0.1) is 5.71 Å². The summed E-state index contributed by atoms with van der Waals surface area (Å²) in [5.41, 5.74) is 5.11. The van der Waals surface area contributed by atoms with Crippen molar-refractivity contribution in [1.82, 2.24) is 5.43 Å². The molecule has 2 aromatic rings. The number of hydrogen-bond donors (Lipinski definition) is 1. The second-order valence-corrected chi connectivity index (χ2v) is 4.51. The minimum Gasteiger partial charge on any atom is -0.267 e. The highest BCUT2D eigenvalue weighted by atomic mass is 16.2. The van der Waals surface area contributed by atoms with E-state index in [1.54, 1.807) is 12.1 Å². The summed E-state index contributed by atoms with van der Waals surface area (Å²) < 4.78 is 0. The molecule has 0 heterocycles. The molecular formula is C18H18N2O. The second-order valence-electron chi connectivity index (χ2n) is 4.51. The molecule has 0 saturated carbocycles. The maximum absolute atomic E-state index is 11.9. The van der Waals surface area contributed by atoms with Gasteiger partial charge in [0.1, 0.15) is 0 Å². The van der Waals surface area contributed by atoms with Crippen molar-refractivity contribution in [3.8, 4) is 0 Å². The van der Waals surface area contributed by atoms with E-state index in [4.69, 9.17) is 0 Å². The Labute approximate surface area is 125 Å². The van der Waals surface area contributed by atoms with Gasteiger partial charge >= 0.3 is 0 Å². The first-order valence-electron chi connectivity index (χ1n) is 6.94. The maximum atomic E-state index is 11.9. The summed E-state index contributed by atoms with van der Waals surface area (Å²) in [5.74, 6) is -0.199. The summed E-state index contributed by atoms with van der Waals surface area (Å²) in [4.78, 5) is 11.9. The molecule has 0 aromatic heterocycles. The Morgan fingerprint density at radius 2 is 1.67 bits per heavy atom. The number of allylic oxidation sites excluding steroid dienone is 1. The third-order valence-electron chi connectivity index (χ3n) is 2.97. The van der Waals surface area contributed by atoms with Crippen molar-refractivity contribution in [3.05, 3.63) is 77.9 Å². The number of nitrogens with zero attached hydrogens (tertiary/aromatic N) is 1. The largest absolute Gasteiger partial charge is 0.271 e. The fraction of sp³-hybridized carbons (Fsp3) is 0.111. The number of hydrogen-bond acceptors (Lipinski definition) is 2. The number of carbonyl (C=O) groups excluding carboxylic acids is 1. The molecule has 0 fully saturated rings. The molecule has 0 radical (unpaired) electrons. The van der Waals surface area contributed by atoms with Gasteiger partial charge in [-0.3, -0.25) is 4.79 Å². The highest BCUT2D eigenvalue weighted by molar-refractivity contribution is 6.00. The lowest BCUT2D eigenvalue weighted by Crippen LogP contribution is -2.18. The first-order chi connectivity index (χ1) is 10.3. The molecule has 21 heavy (non-hydrogen) atoms. The highest BCUT2D eigenvalue weighted by Gasteiger charge is 2.02. The van der Waals surface area contributed by atoms with E-state index >= 15 is 0 Å². The number of hydrazone groups is 1. The smallest absolute Gasteiger partial charge is 0.267 e. The first kappa shape index (κ1) is 14.7. The average molecular weight is 278 g/mol. The quantitative estimate of drug-likeness (QED) is 0.654. The molecule has 3 heteroatoms. The van der Waals surface area contributed by atoms with E-state index in [9.17, 15) is 4.79 Å². The molecule has 106 valence electrons. The number of nitrogens with one attached hydrogen (secondary N) is 1. The fourth-order valence-corrected chi connectivity index (χ4v) is 1.77. The molecule has 0 bridgehead atoms. The van der Waals surface area contributed by atoms with Crippen molar-refractivity contribution in [2.24, 2.45) is 5.10 Å². The van der Waals surface area contributed by atoms with E-state index in [1.165, 1.54) is 0 Å². The Hall–Kier alpha value is -2.68. The van der Waals surface area contributed by atoms with Gasteiger partial charge in [-0.1, -0.05) is 61.5 Å². The Morgan fingerprint density at radius 3 is 2.29 bits per heavy atom. The summed E-state index contributed by atoms with van der Waals surface area (Å²) in [7, 11) is 0.